The maximum Gasteiger partial charge on any atom is 0.306 e. The molecule has 0 N–H and O–H groups in total. The van der Waals surface area contributed by atoms with Crippen molar-refractivity contribution in [1.29, 1.82) is 0 Å². The van der Waals surface area contributed by atoms with Gasteiger partial charge in [0.15, 0.2) is 5.78 Å². The first kappa shape index (κ1) is 18.9. The Labute approximate surface area is 163 Å². The third-order valence-electron chi connectivity index (χ3n) is 4.18. The van der Waals surface area contributed by atoms with Crippen molar-refractivity contribution in [2.75, 3.05) is 0 Å². The lowest BCUT2D eigenvalue weighted by atomic mass is 10.0. The second kappa shape index (κ2) is 9.15. The van der Waals surface area contributed by atoms with E-state index in [0.29, 0.717) is 10.6 Å². The fourth-order valence-electron chi connectivity index (χ4n) is 2.66. The first-order chi connectivity index (χ1) is 13.1. The normalized spacial score (nSPS) is 10.4. The van der Waals surface area contributed by atoms with Gasteiger partial charge in [-0.2, -0.15) is 0 Å². The van der Waals surface area contributed by atoms with Crippen LogP contribution in [0.15, 0.2) is 78.9 Å². The van der Waals surface area contributed by atoms with Crippen molar-refractivity contribution in [3.05, 3.63) is 95.0 Å². The molecular weight excluding hydrogens is 360 g/mol. The predicted octanol–water partition coefficient (Wildman–Crippen LogP) is 5.71. The number of hydrogen-bond acceptors (Lipinski definition) is 3. The van der Waals surface area contributed by atoms with E-state index in [1.807, 2.05) is 54.6 Å². The van der Waals surface area contributed by atoms with Gasteiger partial charge in [-0.3, -0.25) is 9.59 Å². The summed E-state index contributed by atoms with van der Waals surface area (Å²) >= 11 is 5.80. The van der Waals surface area contributed by atoms with Crippen LogP contribution in [0, 0.1) is 0 Å². The lowest BCUT2D eigenvalue weighted by molar-refractivity contribution is -0.144. The maximum atomic E-state index is 12.1. The van der Waals surface area contributed by atoms with Gasteiger partial charge in [0.2, 0.25) is 0 Å². The summed E-state index contributed by atoms with van der Waals surface area (Å²) < 4.78 is 5.27. The van der Waals surface area contributed by atoms with Crippen LogP contribution in [0.25, 0.3) is 11.1 Å². The van der Waals surface area contributed by atoms with Crippen molar-refractivity contribution in [2.45, 2.75) is 19.4 Å². The van der Waals surface area contributed by atoms with Crippen LogP contribution in [-0.4, -0.2) is 11.8 Å². The number of Topliss-reactive ketones (excluding diaryl/α,β-unsaturated/α-hetero) is 1. The Morgan fingerprint density at radius 3 is 2.04 bits per heavy atom. The molecule has 0 saturated carbocycles. The lowest BCUT2D eigenvalue weighted by Crippen LogP contribution is -2.08. The molecule has 0 amide bonds. The molecule has 0 bridgehead atoms. The van der Waals surface area contributed by atoms with Gasteiger partial charge >= 0.3 is 5.97 Å². The van der Waals surface area contributed by atoms with Crippen molar-refractivity contribution in [2.24, 2.45) is 0 Å². The molecule has 0 saturated heterocycles. The summed E-state index contributed by atoms with van der Waals surface area (Å²) in [4.78, 5) is 24.0. The zero-order valence-corrected chi connectivity index (χ0v) is 15.5. The van der Waals surface area contributed by atoms with Crippen LogP contribution >= 0.6 is 11.6 Å². The summed E-state index contributed by atoms with van der Waals surface area (Å²) in [5, 5.41) is 0.573. The second-order valence-corrected chi connectivity index (χ2v) is 6.59. The van der Waals surface area contributed by atoms with E-state index in [4.69, 9.17) is 16.3 Å². The van der Waals surface area contributed by atoms with E-state index in [1.165, 1.54) is 0 Å². The average Bonchev–Trinajstić information content (AvgIpc) is 2.72. The number of ether oxygens (including phenoxy) is 1. The Balaban J connectivity index is 1.46. The molecule has 27 heavy (non-hydrogen) atoms. The van der Waals surface area contributed by atoms with Gasteiger partial charge in [0, 0.05) is 17.0 Å². The van der Waals surface area contributed by atoms with E-state index < -0.39 is 0 Å². The minimum atomic E-state index is -0.385. The quantitative estimate of drug-likeness (QED) is 0.390. The van der Waals surface area contributed by atoms with Crippen molar-refractivity contribution < 1.29 is 14.3 Å². The van der Waals surface area contributed by atoms with Gasteiger partial charge in [0.1, 0.15) is 6.61 Å². The first-order valence-corrected chi connectivity index (χ1v) is 9.08. The molecule has 3 nitrogen and oxygen atoms in total. The third-order valence-corrected chi connectivity index (χ3v) is 4.44. The van der Waals surface area contributed by atoms with Gasteiger partial charge in [-0.1, -0.05) is 66.2 Å². The van der Waals surface area contributed by atoms with Crippen molar-refractivity contribution >= 4 is 23.4 Å². The molecule has 0 heterocycles. The molecule has 0 spiro atoms. The van der Waals surface area contributed by atoms with Crippen molar-refractivity contribution in [3.8, 4) is 11.1 Å². The van der Waals surface area contributed by atoms with Crippen LogP contribution in [0.2, 0.25) is 5.02 Å². The predicted molar refractivity (Wildman–Crippen MR) is 107 cm³/mol. The van der Waals surface area contributed by atoms with Gasteiger partial charge in [0.25, 0.3) is 0 Å². The van der Waals surface area contributed by atoms with Crippen LogP contribution in [0.4, 0.5) is 0 Å². The fourth-order valence-corrected chi connectivity index (χ4v) is 2.78. The molecule has 3 aromatic carbocycles. The largest absolute Gasteiger partial charge is 0.461 e. The highest BCUT2D eigenvalue weighted by molar-refractivity contribution is 6.30. The molecule has 0 aliphatic rings. The van der Waals surface area contributed by atoms with Crippen molar-refractivity contribution in [1.82, 2.24) is 0 Å². The third kappa shape index (κ3) is 5.53. The van der Waals surface area contributed by atoms with Crippen LogP contribution in [-0.2, 0) is 16.1 Å². The van der Waals surface area contributed by atoms with E-state index >= 15 is 0 Å². The Morgan fingerprint density at radius 2 is 1.37 bits per heavy atom. The topological polar surface area (TPSA) is 43.4 Å². The van der Waals surface area contributed by atoms with E-state index in [-0.39, 0.29) is 31.2 Å². The number of benzene rings is 3. The van der Waals surface area contributed by atoms with Crippen LogP contribution in [0.5, 0.6) is 0 Å². The van der Waals surface area contributed by atoms with Crippen LogP contribution in [0.1, 0.15) is 28.8 Å². The molecule has 136 valence electrons. The van der Waals surface area contributed by atoms with E-state index in [2.05, 4.69) is 0 Å². The molecule has 0 fully saturated rings. The summed E-state index contributed by atoms with van der Waals surface area (Å²) in [6, 6.07) is 24.6. The van der Waals surface area contributed by atoms with Crippen molar-refractivity contribution in [3.63, 3.8) is 0 Å². The number of halogens is 1. The Hall–Kier alpha value is -2.91. The smallest absolute Gasteiger partial charge is 0.306 e. The number of hydrogen-bond donors (Lipinski definition) is 0. The van der Waals surface area contributed by atoms with Gasteiger partial charge in [-0.25, -0.2) is 0 Å². The highest BCUT2D eigenvalue weighted by Crippen LogP contribution is 2.19. The number of carbonyl (C=O) groups is 2. The van der Waals surface area contributed by atoms with E-state index in [0.717, 1.165) is 16.7 Å². The Morgan fingerprint density at radius 1 is 0.741 bits per heavy atom. The van der Waals surface area contributed by atoms with Gasteiger partial charge in [0.05, 0.1) is 6.42 Å². The monoisotopic (exact) mass is 378 g/mol. The number of esters is 1. The Kier molecular flexibility index (Phi) is 6.39. The zero-order chi connectivity index (χ0) is 19.1. The second-order valence-electron chi connectivity index (χ2n) is 6.15. The van der Waals surface area contributed by atoms with E-state index in [1.54, 1.807) is 24.3 Å². The summed E-state index contributed by atoms with van der Waals surface area (Å²) in [5.41, 5.74) is 3.71. The Bertz CT molecular complexity index is 901. The van der Waals surface area contributed by atoms with Crippen LogP contribution < -0.4 is 0 Å². The summed E-state index contributed by atoms with van der Waals surface area (Å²) in [7, 11) is 0. The number of rotatable bonds is 7. The molecule has 4 heteroatoms. The van der Waals surface area contributed by atoms with Gasteiger partial charge in [-0.15, -0.1) is 0 Å². The van der Waals surface area contributed by atoms with Gasteiger partial charge in [-0.05, 0) is 41.0 Å². The molecule has 3 aromatic rings. The molecule has 0 aliphatic carbocycles. The van der Waals surface area contributed by atoms with E-state index in [9.17, 15) is 9.59 Å². The molecule has 0 aromatic heterocycles. The minimum Gasteiger partial charge on any atom is -0.461 e. The maximum absolute atomic E-state index is 12.1. The first-order valence-electron chi connectivity index (χ1n) is 8.70. The summed E-state index contributed by atoms with van der Waals surface area (Å²) in [6.45, 7) is 0.197. The number of carbonyl (C=O) groups excluding carboxylic acids is 2. The van der Waals surface area contributed by atoms with Crippen LogP contribution in [0.3, 0.4) is 0 Å². The molecule has 0 atom stereocenters. The highest BCUT2D eigenvalue weighted by Gasteiger charge is 2.10. The summed E-state index contributed by atoms with van der Waals surface area (Å²) in [5.74, 6) is -0.486. The highest BCUT2D eigenvalue weighted by atomic mass is 35.5. The molecule has 3 rings (SSSR count). The summed E-state index contributed by atoms with van der Waals surface area (Å²) in [6.07, 6.45) is 0.178. The molecular formula is C23H19ClO3. The molecule has 0 radical (unpaired) electrons. The molecule has 0 unspecified atom stereocenters. The molecule has 0 aliphatic heterocycles. The van der Waals surface area contributed by atoms with Gasteiger partial charge < -0.3 is 4.74 Å². The average molecular weight is 379 g/mol. The standard InChI is InChI=1S/C23H19ClO3/c24-21-12-10-20(11-13-21)22(25)14-15-23(26)27-16-17-6-8-19(9-7-17)18-4-2-1-3-5-18/h1-13H,14-16H2. The zero-order valence-electron chi connectivity index (χ0n) is 14.7. The SMILES string of the molecule is O=C(CCC(=O)c1ccc(Cl)cc1)OCc1ccc(-c2ccccc2)cc1. The lowest BCUT2D eigenvalue weighted by Gasteiger charge is -2.07. The minimum absolute atomic E-state index is 0.0591. The number of ketones is 1. The fraction of sp³-hybridized carbons (Fsp3) is 0.130.